The summed E-state index contributed by atoms with van der Waals surface area (Å²) in [5, 5.41) is 2.85. The van der Waals surface area contributed by atoms with Crippen molar-refractivity contribution in [1.29, 1.82) is 0 Å². The zero-order valence-electron chi connectivity index (χ0n) is 17.3. The van der Waals surface area contributed by atoms with Crippen LogP contribution in [0.1, 0.15) is 23.1 Å². The van der Waals surface area contributed by atoms with Crippen molar-refractivity contribution in [2.24, 2.45) is 0 Å². The van der Waals surface area contributed by atoms with E-state index in [4.69, 9.17) is 0 Å². The van der Waals surface area contributed by atoms with Crippen LogP contribution in [0.15, 0.2) is 47.4 Å². The Hall–Kier alpha value is -2.22. The van der Waals surface area contributed by atoms with Gasteiger partial charge in [-0.05, 0) is 62.7 Å². The summed E-state index contributed by atoms with van der Waals surface area (Å²) in [6.07, 6.45) is 1.05. The standard InChI is InChI=1S/C22H29N3O3S/c1-17-4-5-19(18(2)16-17)6-11-22(26)23-20-7-9-21(10-8-20)29(27,28)25-14-12-24(3)13-15-25/h4-5,7-10,16H,6,11-15H2,1-3H3,(H,23,26). The topological polar surface area (TPSA) is 69.7 Å². The molecule has 29 heavy (non-hydrogen) atoms. The molecule has 1 aliphatic heterocycles. The lowest BCUT2D eigenvalue weighted by Gasteiger charge is -2.31. The Labute approximate surface area is 173 Å². The summed E-state index contributed by atoms with van der Waals surface area (Å²) >= 11 is 0. The van der Waals surface area contributed by atoms with Gasteiger partial charge >= 0.3 is 0 Å². The van der Waals surface area contributed by atoms with Gasteiger partial charge < -0.3 is 10.2 Å². The summed E-state index contributed by atoms with van der Waals surface area (Å²) in [6, 6.07) is 12.7. The van der Waals surface area contributed by atoms with Crippen molar-refractivity contribution in [2.75, 3.05) is 38.5 Å². The SMILES string of the molecule is Cc1ccc(CCC(=O)Nc2ccc(S(=O)(=O)N3CCN(C)CC3)cc2)c(C)c1. The van der Waals surface area contributed by atoms with Crippen molar-refractivity contribution in [3.8, 4) is 0 Å². The zero-order chi connectivity index (χ0) is 21.0. The lowest BCUT2D eigenvalue weighted by atomic mass is 10.0. The number of hydrogen-bond donors (Lipinski definition) is 1. The molecule has 2 aromatic rings. The Morgan fingerprint density at radius 1 is 1.00 bits per heavy atom. The monoisotopic (exact) mass is 415 g/mol. The van der Waals surface area contributed by atoms with Crippen LogP contribution >= 0.6 is 0 Å². The van der Waals surface area contributed by atoms with Crippen LogP contribution in [-0.2, 0) is 21.2 Å². The summed E-state index contributed by atoms with van der Waals surface area (Å²) in [4.78, 5) is 14.7. The fourth-order valence-corrected chi connectivity index (χ4v) is 4.91. The van der Waals surface area contributed by atoms with E-state index in [9.17, 15) is 13.2 Å². The highest BCUT2D eigenvalue weighted by molar-refractivity contribution is 7.89. The third-order valence-electron chi connectivity index (χ3n) is 5.36. The van der Waals surface area contributed by atoms with E-state index in [1.165, 1.54) is 21.0 Å². The molecule has 156 valence electrons. The number of carbonyl (C=O) groups excluding carboxylic acids is 1. The van der Waals surface area contributed by atoms with Crippen molar-refractivity contribution in [3.05, 3.63) is 59.2 Å². The first-order valence-corrected chi connectivity index (χ1v) is 11.3. The first kappa shape index (κ1) is 21.5. The van der Waals surface area contributed by atoms with Crippen LogP contribution in [0.4, 0.5) is 5.69 Å². The van der Waals surface area contributed by atoms with E-state index in [0.29, 0.717) is 31.6 Å². The third-order valence-corrected chi connectivity index (χ3v) is 7.27. The summed E-state index contributed by atoms with van der Waals surface area (Å²) < 4.78 is 27.0. The van der Waals surface area contributed by atoms with Crippen LogP contribution in [0.25, 0.3) is 0 Å². The molecule has 3 rings (SSSR count). The van der Waals surface area contributed by atoms with E-state index in [1.807, 2.05) is 7.05 Å². The van der Waals surface area contributed by atoms with Crippen molar-refractivity contribution in [3.63, 3.8) is 0 Å². The van der Waals surface area contributed by atoms with Crippen LogP contribution in [0.5, 0.6) is 0 Å². The number of aryl methyl sites for hydroxylation is 3. The van der Waals surface area contributed by atoms with E-state index in [1.54, 1.807) is 24.3 Å². The van der Waals surface area contributed by atoms with Gasteiger partial charge in [0.1, 0.15) is 0 Å². The molecule has 1 heterocycles. The molecule has 1 amide bonds. The molecule has 0 saturated carbocycles. The maximum absolute atomic E-state index is 12.8. The Balaban J connectivity index is 1.57. The molecule has 1 saturated heterocycles. The molecule has 1 N–H and O–H groups in total. The second kappa shape index (κ2) is 9.07. The number of nitrogens with one attached hydrogen (secondary N) is 1. The molecular weight excluding hydrogens is 386 g/mol. The van der Waals surface area contributed by atoms with Crippen molar-refractivity contribution in [2.45, 2.75) is 31.6 Å². The summed E-state index contributed by atoms with van der Waals surface area (Å²) in [5.74, 6) is -0.0837. The Morgan fingerprint density at radius 3 is 2.28 bits per heavy atom. The normalized spacial score (nSPS) is 16.0. The second-order valence-electron chi connectivity index (χ2n) is 7.71. The average Bonchev–Trinajstić information content (AvgIpc) is 2.68. The molecule has 2 aromatic carbocycles. The Morgan fingerprint density at radius 2 is 1.66 bits per heavy atom. The highest BCUT2D eigenvalue weighted by Gasteiger charge is 2.27. The predicted molar refractivity (Wildman–Crippen MR) is 116 cm³/mol. The third kappa shape index (κ3) is 5.44. The summed E-state index contributed by atoms with van der Waals surface area (Å²) in [6.45, 7) is 6.56. The number of amides is 1. The number of benzene rings is 2. The highest BCUT2D eigenvalue weighted by atomic mass is 32.2. The van der Waals surface area contributed by atoms with E-state index >= 15 is 0 Å². The predicted octanol–water partition coefficient (Wildman–Crippen LogP) is 2.81. The highest BCUT2D eigenvalue weighted by Crippen LogP contribution is 2.20. The smallest absolute Gasteiger partial charge is 0.243 e. The lowest BCUT2D eigenvalue weighted by Crippen LogP contribution is -2.46. The fraction of sp³-hybridized carbons (Fsp3) is 0.409. The van der Waals surface area contributed by atoms with E-state index in [-0.39, 0.29) is 10.8 Å². The molecule has 0 atom stereocenters. The molecule has 0 unspecified atom stereocenters. The van der Waals surface area contributed by atoms with Crippen LogP contribution < -0.4 is 5.32 Å². The van der Waals surface area contributed by atoms with Gasteiger partial charge in [0.2, 0.25) is 15.9 Å². The largest absolute Gasteiger partial charge is 0.326 e. The van der Waals surface area contributed by atoms with Gasteiger partial charge in [0.25, 0.3) is 0 Å². The first-order valence-electron chi connectivity index (χ1n) is 9.90. The maximum Gasteiger partial charge on any atom is 0.243 e. The van der Waals surface area contributed by atoms with Crippen molar-refractivity contribution >= 4 is 21.6 Å². The quantitative estimate of drug-likeness (QED) is 0.788. The van der Waals surface area contributed by atoms with E-state index in [0.717, 1.165) is 13.1 Å². The fourth-order valence-electron chi connectivity index (χ4n) is 3.49. The molecule has 0 radical (unpaired) electrons. The average molecular weight is 416 g/mol. The number of hydrogen-bond acceptors (Lipinski definition) is 4. The molecule has 0 aliphatic carbocycles. The molecule has 6 nitrogen and oxygen atoms in total. The number of carbonyl (C=O) groups is 1. The minimum Gasteiger partial charge on any atom is -0.326 e. The molecule has 7 heteroatoms. The van der Waals surface area contributed by atoms with Gasteiger partial charge in [0.15, 0.2) is 0 Å². The van der Waals surface area contributed by atoms with Gasteiger partial charge in [-0.15, -0.1) is 0 Å². The molecule has 0 aromatic heterocycles. The number of piperazine rings is 1. The van der Waals surface area contributed by atoms with Crippen molar-refractivity contribution < 1.29 is 13.2 Å². The second-order valence-corrected chi connectivity index (χ2v) is 9.65. The number of anilines is 1. The van der Waals surface area contributed by atoms with Crippen LogP contribution in [0, 0.1) is 13.8 Å². The minimum absolute atomic E-state index is 0.0837. The maximum atomic E-state index is 12.8. The summed E-state index contributed by atoms with van der Waals surface area (Å²) in [7, 11) is -1.50. The molecule has 1 aliphatic rings. The van der Waals surface area contributed by atoms with Gasteiger partial charge in [-0.25, -0.2) is 8.42 Å². The number of nitrogens with zero attached hydrogens (tertiary/aromatic N) is 2. The van der Waals surface area contributed by atoms with Gasteiger partial charge in [-0.1, -0.05) is 23.8 Å². The number of sulfonamides is 1. The van der Waals surface area contributed by atoms with Gasteiger partial charge in [-0.2, -0.15) is 4.31 Å². The molecule has 0 bridgehead atoms. The van der Waals surface area contributed by atoms with Gasteiger partial charge in [0.05, 0.1) is 4.90 Å². The zero-order valence-corrected chi connectivity index (χ0v) is 18.1. The van der Waals surface area contributed by atoms with E-state index < -0.39 is 10.0 Å². The van der Waals surface area contributed by atoms with Crippen LogP contribution in [0.3, 0.4) is 0 Å². The molecular formula is C22H29N3O3S. The van der Waals surface area contributed by atoms with Crippen molar-refractivity contribution in [1.82, 2.24) is 9.21 Å². The van der Waals surface area contributed by atoms with Gasteiger partial charge in [-0.3, -0.25) is 4.79 Å². The number of rotatable bonds is 6. The lowest BCUT2D eigenvalue weighted by molar-refractivity contribution is -0.116. The number of likely N-dealkylation sites (N-methyl/N-ethyl adjacent to an activating group) is 1. The molecule has 1 fully saturated rings. The van der Waals surface area contributed by atoms with Crippen LogP contribution in [-0.4, -0.2) is 56.8 Å². The van der Waals surface area contributed by atoms with Crippen LogP contribution in [0.2, 0.25) is 0 Å². The molecule has 0 spiro atoms. The first-order chi connectivity index (χ1) is 13.8. The summed E-state index contributed by atoms with van der Waals surface area (Å²) in [5.41, 5.74) is 4.17. The van der Waals surface area contributed by atoms with E-state index in [2.05, 4.69) is 42.3 Å². The Bertz CT molecular complexity index is 963. The van der Waals surface area contributed by atoms with Gasteiger partial charge in [0, 0.05) is 38.3 Å². The minimum atomic E-state index is -3.49. The Kier molecular flexibility index (Phi) is 6.72.